The van der Waals surface area contributed by atoms with E-state index in [-0.39, 0.29) is 5.91 Å². The lowest BCUT2D eigenvalue weighted by molar-refractivity contribution is 0.0933. The first-order chi connectivity index (χ1) is 12.1. The van der Waals surface area contributed by atoms with Gasteiger partial charge in [0.1, 0.15) is 12.4 Å². The van der Waals surface area contributed by atoms with Gasteiger partial charge in [0, 0.05) is 23.6 Å². The van der Waals surface area contributed by atoms with Crippen LogP contribution in [0.2, 0.25) is 0 Å². The minimum atomic E-state index is 0.0469. The van der Waals surface area contributed by atoms with Crippen LogP contribution in [0.15, 0.2) is 59.6 Å². The smallest absolute Gasteiger partial charge is 0.228 e. The van der Waals surface area contributed by atoms with Crippen molar-refractivity contribution >= 4 is 34.1 Å². The molecule has 0 fully saturated rings. The van der Waals surface area contributed by atoms with E-state index in [1.165, 1.54) is 5.56 Å². The molecule has 0 saturated heterocycles. The average molecular weight is 349 g/mol. The van der Waals surface area contributed by atoms with Gasteiger partial charge in [0.25, 0.3) is 0 Å². The first kappa shape index (κ1) is 16.0. The zero-order valence-corrected chi connectivity index (χ0v) is 15.1. The van der Waals surface area contributed by atoms with Crippen molar-refractivity contribution in [1.29, 1.82) is 0 Å². The highest BCUT2D eigenvalue weighted by atomic mass is 32.2. The van der Waals surface area contributed by atoms with Crippen LogP contribution in [-0.4, -0.2) is 22.8 Å². The van der Waals surface area contributed by atoms with E-state index in [1.807, 2.05) is 47.0 Å². The predicted molar refractivity (Wildman–Crippen MR) is 104 cm³/mol. The van der Waals surface area contributed by atoms with Gasteiger partial charge >= 0.3 is 0 Å². The van der Waals surface area contributed by atoms with Crippen LogP contribution in [0.3, 0.4) is 0 Å². The number of aryl methyl sites for hydroxylation is 1. The number of carbonyl (C=O) groups excluding carboxylic acids is 1. The highest BCUT2D eigenvalue weighted by Gasteiger charge is 2.24. The summed E-state index contributed by atoms with van der Waals surface area (Å²) in [5.41, 5.74) is 4.46. The molecule has 0 bridgehead atoms. The SMILES string of the molecule is CC(=O)n1c2c(c3ccccc31)C(COc1ccc(C)cc1)=CCS2. The molecule has 0 saturated carbocycles. The molecule has 2 aromatic carbocycles. The maximum atomic E-state index is 12.2. The Labute approximate surface area is 151 Å². The van der Waals surface area contributed by atoms with E-state index in [0.29, 0.717) is 6.61 Å². The van der Waals surface area contributed by atoms with Gasteiger partial charge in [0.15, 0.2) is 0 Å². The van der Waals surface area contributed by atoms with Crippen molar-refractivity contribution in [3.63, 3.8) is 0 Å². The van der Waals surface area contributed by atoms with Crippen LogP contribution < -0.4 is 4.74 Å². The normalized spacial score (nSPS) is 13.4. The van der Waals surface area contributed by atoms with Crippen molar-refractivity contribution in [2.24, 2.45) is 0 Å². The summed E-state index contributed by atoms with van der Waals surface area (Å²) in [5.74, 6) is 1.76. The van der Waals surface area contributed by atoms with Gasteiger partial charge < -0.3 is 4.74 Å². The van der Waals surface area contributed by atoms with E-state index >= 15 is 0 Å². The molecule has 1 aliphatic heterocycles. The molecule has 1 aromatic heterocycles. The molecule has 4 rings (SSSR count). The third kappa shape index (κ3) is 2.87. The number of ether oxygens (including phenoxy) is 1. The third-order valence-corrected chi connectivity index (χ3v) is 5.43. The number of hydrogen-bond acceptors (Lipinski definition) is 3. The molecule has 25 heavy (non-hydrogen) atoms. The van der Waals surface area contributed by atoms with Gasteiger partial charge in [-0.15, -0.1) is 11.8 Å². The molecule has 2 heterocycles. The van der Waals surface area contributed by atoms with Gasteiger partial charge in [0.2, 0.25) is 5.91 Å². The summed E-state index contributed by atoms with van der Waals surface area (Å²) in [4.78, 5) is 12.2. The third-order valence-electron chi connectivity index (χ3n) is 4.43. The quantitative estimate of drug-likeness (QED) is 0.653. The molecule has 3 nitrogen and oxygen atoms in total. The molecule has 0 spiro atoms. The van der Waals surface area contributed by atoms with Gasteiger partial charge in [-0.1, -0.05) is 42.0 Å². The van der Waals surface area contributed by atoms with Gasteiger partial charge in [-0.2, -0.15) is 0 Å². The number of thioether (sulfide) groups is 1. The lowest BCUT2D eigenvalue weighted by Gasteiger charge is -2.16. The molecular weight excluding hydrogens is 330 g/mol. The molecular formula is C21H19NO2S. The van der Waals surface area contributed by atoms with Crippen molar-refractivity contribution in [2.45, 2.75) is 18.9 Å². The summed E-state index contributed by atoms with van der Waals surface area (Å²) >= 11 is 1.71. The van der Waals surface area contributed by atoms with Crippen LogP contribution in [0, 0.1) is 6.92 Å². The highest BCUT2D eigenvalue weighted by molar-refractivity contribution is 7.99. The number of carbonyl (C=O) groups is 1. The van der Waals surface area contributed by atoms with Crippen molar-refractivity contribution in [3.05, 3.63) is 65.7 Å². The summed E-state index contributed by atoms with van der Waals surface area (Å²) in [6.45, 7) is 4.18. The first-order valence-electron chi connectivity index (χ1n) is 8.31. The molecule has 3 aromatic rings. The second-order valence-corrected chi connectivity index (χ2v) is 7.20. The molecule has 0 N–H and O–H groups in total. The Morgan fingerprint density at radius 1 is 1.16 bits per heavy atom. The molecule has 1 aliphatic rings. The van der Waals surface area contributed by atoms with E-state index in [0.717, 1.165) is 38.6 Å². The summed E-state index contributed by atoms with van der Waals surface area (Å²) in [7, 11) is 0. The van der Waals surface area contributed by atoms with Crippen molar-refractivity contribution in [2.75, 3.05) is 12.4 Å². The predicted octanol–water partition coefficient (Wildman–Crippen LogP) is 5.18. The Morgan fingerprint density at radius 2 is 1.92 bits per heavy atom. The Bertz CT molecular complexity index is 983. The fourth-order valence-corrected chi connectivity index (χ4v) is 4.41. The Hall–Kier alpha value is -2.46. The number of hydrogen-bond donors (Lipinski definition) is 0. The molecule has 0 radical (unpaired) electrons. The minimum absolute atomic E-state index is 0.0469. The van der Waals surface area contributed by atoms with Crippen LogP contribution in [0.1, 0.15) is 22.8 Å². The standard InChI is InChI=1S/C21H19NO2S/c1-14-7-9-17(10-8-14)24-13-16-11-12-25-21-20(16)18-5-3-4-6-19(18)22(21)15(2)23/h3-11H,12-13H2,1-2H3. The zero-order chi connectivity index (χ0) is 17.4. The summed E-state index contributed by atoms with van der Waals surface area (Å²) in [6, 6.07) is 16.2. The fourth-order valence-electron chi connectivity index (χ4n) is 3.23. The Kier molecular flexibility index (Phi) is 4.14. The van der Waals surface area contributed by atoms with Crippen LogP contribution in [0.5, 0.6) is 5.75 Å². The van der Waals surface area contributed by atoms with Crippen molar-refractivity contribution in [3.8, 4) is 5.75 Å². The molecule has 0 unspecified atom stereocenters. The fraction of sp³-hybridized carbons (Fsp3) is 0.190. The number of para-hydroxylation sites is 1. The maximum absolute atomic E-state index is 12.2. The number of rotatable bonds is 3. The minimum Gasteiger partial charge on any atom is -0.489 e. The van der Waals surface area contributed by atoms with Crippen LogP contribution in [0.25, 0.3) is 16.5 Å². The first-order valence-corrected chi connectivity index (χ1v) is 9.30. The van der Waals surface area contributed by atoms with E-state index in [2.05, 4.69) is 19.1 Å². The lowest BCUT2D eigenvalue weighted by atomic mass is 10.1. The van der Waals surface area contributed by atoms with E-state index < -0.39 is 0 Å². The second-order valence-electron chi connectivity index (χ2n) is 6.19. The number of nitrogens with zero attached hydrogens (tertiary/aromatic N) is 1. The topological polar surface area (TPSA) is 31.2 Å². The molecule has 4 heteroatoms. The average Bonchev–Trinajstić information content (AvgIpc) is 2.96. The molecule has 0 aliphatic carbocycles. The molecule has 0 amide bonds. The van der Waals surface area contributed by atoms with Crippen molar-refractivity contribution < 1.29 is 9.53 Å². The number of fused-ring (bicyclic) bond motifs is 3. The monoisotopic (exact) mass is 349 g/mol. The van der Waals surface area contributed by atoms with Crippen LogP contribution in [0.4, 0.5) is 0 Å². The van der Waals surface area contributed by atoms with Gasteiger partial charge in [0.05, 0.1) is 10.5 Å². The largest absolute Gasteiger partial charge is 0.489 e. The highest BCUT2D eigenvalue weighted by Crippen LogP contribution is 2.41. The van der Waals surface area contributed by atoms with E-state index in [9.17, 15) is 4.79 Å². The number of aromatic nitrogens is 1. The van der Waals surface area contributed by atoms with Gasteiger partial charge in [-0.25, -0.2) is 0 Å². The van der Waals surface area contributed by atoms with Crippen LogP contribution in [-0.2, 0) is 0 Å². The zero-order valence-electron chi connectivity index (χ0n) is 14.3. The molecule has 0 atom stereocenters. The second kappa shape index (κ2) is 6.45. The lowest BCUT2D eigenvalue weighted by Crippen LogP contribution is -2.10. The van der Waals surface area contributed by atoms with Crippen molar-refractivity contribution in [1.82, 2.24) is 4.57 Å². The Balaban J connectivity index is 1.73. The van der Waals surface area contributed by atoms with Gasteiger partial charge in [-0.3, -0.25) is 9.36 Å². The van der Waals surface area contributed by atoms with E-state index in [1.54, 1.807) is 18.7 Å². The summed E-state index contributed by atoms with van der Waals surface area (Å²) in [5, 5.41) is 2.14. The van der Waals surface area contributed by atoms with Gasteiger partial charge in [-0.05, 0) is 30.7 Å². The van der Waals surface area contributed by atoms with Crippen LogP contribution >= 0.6 is 11.8 Å². The summed E-state index contributed by atoms with van der Waals surface area (Å²) < 4.78 is 7.83. The maximum Gasteiger partial charge on any atom is 0.228 e. The number of benzene rings is 2. The summed E-state index contributed by atoms with van der Waals surface area (Å²) in [6.07, 6.45) is 2.21. The molecule has 126 valence electrons. The Morgan fingerprint density at radius 3 is 2.68 bits per heavy atom. The van der Waals surface area contributed by atoms with E-state index in [4.69, 9.17) is 4.74 Å².